The van der Waals surface area contributed by atoms with Crippen LogP contribution in [0, 0.1) is 0 Å². The van der Waals surface area contributed by atoms with Gasteiger partial charge in [-0.05, 0) is 5.56 Å². The molecule has 0 amide bonds. The van der Waals surface area contributed by atoms with Crippen LogP contribution >= 0.6 is 0 Å². The first-order valence-electron chi connectivity index (χ1n) is 5.82. The van der Waals surface area contributed by atoms with E-state index in [1.54, 1.807) is 0 Å². The van der Waals surface area contributed by atoms with Crippen LogP contribution in [0.4, 0.5) is 0 Å². The zero-order valence-corrected chi connectivity index (χ0v) is 10.4. The number of aliphatic hydroxyl groups excluding tert-OH is 1. The minimum absolute atomic E-state index is 0.0838. The molecule has 0 radical (unpaired) electrons. The highest BCUT2D eigenvalue weighted by atomic mass is 32.2. The number of quaternary nitrogens is 1. The van der Waals surface area contributed by atoms with Crippen molar-refractivity contribution in [1.82, 2.24) is 0 Å². The van der Waals surface area contributed by atoms with Crippen LogP contribution in [0.3, 0.4) is 0 Å². The molecule has 0 aliphatic carbocycles. The Kier molecular flexibility index (Phi) is 3.81. The summed E-state index contributed by atoms with van der Waals surface area (Å²) in [6, 6.07) is 9.86. The SMILES string of the molecule is O=S1(=O)C[C@@H](O)[C@H]([NH2+]CCc2ccccc2)C1. The average Bonchev–Trinajstić information content (AvgIpc) is 2.53. The van der Waals surface area contributed by atoms with Gasteiger partial charge in [-0.2, -0.15) is 0 Å². The van der Waals surface area contributed by atoms with Gasteiger partial charge in [-0.25, -0.2) is 8.42 Å². The highest BCUT2D eigenvalue weighted by Crippen LogP contribution is 2.09. The van der Waals surface area contributed by atoms with Crippen molar-refractivity contribution in [3.8, 4) is 0 Å². The van der Waals surface area contributed by atoms with Gasteiger partial charge < -0.3 is 10.4 Å². The molecule has 17 heavy (non-hydrogen) atoms. The third-order valence-corrected chi connectivity index (χ3v) is 4.85. The number of nitrogens with two attached hydrogens (primary N) is 1. The molecule has 0 bridgehead atoms. The van der Waals surface area contributed by atoms with Crippen LogP contribution in [0.5, 0.6) is 0 Å². The van der Waals surface area contributed by atoms with Crippen molar-refractivity contribution >= 4 is 9.84 Å². The molecule has 1 aromatic rings. The maximum Gasteiger partial charge on any atom is 0.159 e. The lowest BCUT2D eigenvalue weighted by molar-refractivity contribution is -0.690. The van der Waals surface area contributed by atoms with Gasteiger partial charge in [0.1, 0.15) is 17.9 Å². The molecule has 1 fully saturated rings. The predicted octanol–water partition coefficient (Wildman–Crippen LogP) is -1.05. The molecule has 0 aromatic heterocycles. The number of hydrogen-bond acceptors (Lipinski definition) is 3. The molecule has 0 saturated carbocycles. The van der Waals surface area contributed by atoms with E-state index in [4.69, 9.17) is 0 Å². The molecule has 94 valence electrons. The van der Waals surface area contributed by atoms with E-state index in [-0.39, 0.29) is 17.5 Å². The highest BCUT2D eigenvalue weighted by molar-refractivity contribution is 7.91. The van der Waals surface area contributed by atoms with Gasteiger partial charge in [-0.1, -0.05) is 30.3 Å². The third kappa shape index (κ3) is 3.52. The highest BCUT2D eigenvalue weighted by Gasteiger charge is 2.38. The monoisotopic (exact) mass is 256 g/mol. The fraction of sp³-hybridized carbons (Fsp3) is 0.500. The van der Waals surface area contributed by atoms with Gasteiger partial charge in [-0.3, -0.25) is 0 Å². The number of benzene rings is 1. The van der Waals surface area contributed by atoms with Crippen molar-refractivity contribution in [3.63, 3.8) is 0 Å². The fourth-order valence-corrected chi connectivity index (χ4v) is 4.04. The molecule has 0 unspecified atom stereocenters. The molecule has 1 aromatic carbocycles. The Labute approximate surface area is 102 Å². The zero-order valence-electron chi connectivity index (χ0n) is 9.62. The Morgan fingerprint density at radius 2 is 1.94 bits per heavy atom. The van der Waals surface area contributed by atoms with Gasteiger partial charge in [0.15, 0.2) is 9.84 Å². The smallest absolute Gasteiger partial charge is 0.159 e. The van der Waals surface area contributed by atoms with E-state index in [1.807, 2.05) is 23.5 Å². The summed E-state index contributed by atoms with van der Waals surface area (Å²) in [7, 11) is -3.02. The Hall–Kier alpha value is -0.910. The van der Waals surface area contributed by atoms with E-state index in [2.05, 4.69) is 12.1 Å². The summed E-state index contributed by atoms with van der Waals surface area (Å²) in [5.74, 6) is 0.0163. The summed E-state index contributed by atoms with van der Waals surface area (Å²) < 4.78 is 22.6. The summed E-state index contributed by atoms with van der Waals surface area (Å²) >= 11 is 0. The van der Waals surface area contributed by atoms with Gasteiger partial charge in [0.2, 0.25) is 0 Å². The molecule has 3 N–H and O–H groups in total. The minimum atomic E-state index is -3.02. The number of hydrogen-bond donors (Lipinski definition) is 2. The van der Waals surface area contributed by atoms with Gasteiger partial charge in [0.25, 0.3) is 0 Å². The van der Waals surface area contributed by atoms with Crippen LogP contribution in [-0.2, 0) is 16.3 Å². The second-order valence-electron chi connectivity index (χ2n) is 4.57. The number of rotatable bonds is 4. The zero-order chi connectivity index (χ0) is 12.3. The molecule has 2 atom stereocenters. The van der Waals surface area contributed by atoms with E-state index in [0.717, 1.165) is 13.0 Å². The summed E-state index contributed by atoms with van der Waals surface area (Å²) in [6.07, 6.45) is 0.181. The quantitative estimate of drug-likeness (QED) is 0.722. The van der Waals surface area contributed by atoms with Crippen LogP contribution in [0.1, 0.15) is 5.56 Å². The second-order valence-corrected chi connectivity index (χ2v) is 6.72. The molecule has 1 heterocycles. The molecule has 2 rings (SSSR count). The Bertz CT molecular complexity index is 458. The Morgan fingerprint density at radius 1 is 1.24 bits per heavy atom. The largest absolute Gasteiger partial charge is 0.386 e. The number of sulfone groups is 1. The van der Waals surface area contributed by atoms with Gasteiger partial charge in [0, 0.05) is 6.42 Å². The lowest BCUT2D eigenvalue weighted by Crippen LogP contribution is -2.93. The Balaban J connectivity index is 1.80. The van der Waals surface area contributed by atoms with E-state index < -0.39 is 15.9 Å². The summed E-state index contributed by atoms with van der Waals surface area (Å²) in [5, 5.41) is 11.6. The Morgan fingerprint density at radius 3 is 2.53 bits per heavy atom. The standard InChI is InChI=1S/C12H17NO3S/c14-12-9-17(15,16)8-11(12)13-7-6-10-4-2-1-3-5-10/h1-5,11-14H,6-9H2/p+1/t11-,12-/m1/s1. The van der Waals surface area contributed by atoms with E-state index >= 15 is 0 Å². The van der Waals surface area contributed by atoms with Crippen LogP contribution in [0.2, 0.25) is 0 Å². The van der Waals surface area contributed by atoms with E-state index in [0.29, 0.717) is 0 Å². The van der Waals surface area contributed by atoms with Crippen LogP contribution in [-0.4, -0.2) is 43.7 Å². The summed E-state index contributed by atoms with van der Waals surface area (Å²) in [4.78, 5) is 0. The molecule has 1 aliphatic heterocycles. The van der Waals surface area contributed by atoms with E-state index in [9.17, 15) is 13.5 Å². The van der Waals surface area contributed by atoms with Crippen LogP contribution < -0.4 is 5.32 Å². The lowest BCUT2D eigenvalue weighted by Gasteiger charge is -2.11. The first-order valence-corrected chi connectivity index (χ1v) is 7.65. The summed E-state index contributed by atoms with van der Waals surface area (Å²) in [6.45, 7) is 0.807. The first-order chi connectivity index (χ1) is 8.07. The molecule has 1 aliphatic rings. The third-order valence-electron chi connectivity index (χ3n) is 3.11. The van der Waals surface area contributed by atoms with Crippen molar-refractivity contribution in [2.24, 2.45) is 0 Å². The minimum Gasteiger partial charge on any atom is -0.386 e. The summed E-state index contributed by atoms with van der Waals surface area (Å²) in [5.41, 5.74) is 1.24. The average molecular weight is 256 g/mol. The topological polar surface area (TPSA) is 71.0 Å². The molecule has 1 saturated heterocycles. The predicted molar refractivity (Wildman–Crippen MR) is 65.4 cm³/mol. The maximum absolute atomic E-state index is 11.3. The lowest BCUT2D eigenvalue weighted by atomic mass is 10.1. The maximum atomic E-state index is 11.3. The van der Waals surface area contributed by atoms with Crippen molar-refractivity contribution in [3.05, 3.63) is 35.9 Å². The van der Waals surface area contributed by atoms with Gasteiger partial charge >= 0.3 is 0 Å². The van der Waals surface area contributed by atoms with E-state index in [1.165, 1.54) is 5.56 Å². The molecule has 0 spiro atoms. The van der Waals surface area contributed by atoms with Gasteiger partial charge in [-0.15, -0.1) is 0 Å². The van der Waals surface area contributed by atoms with Crippen molar-refractivity contribution in [2.45, 2.75) is 18.6 Å². The molecular formula is C12H18NO3S+. The normalized spacial score (nSPS) is 27.1. The molecule has 5 heteroatoms. The second kappa shape index (κ2) is 5.16. The number of aliphatic hydroxyl groups is 1. The van der Waals surface area contributed by atoms with Crippen LogP contribution in [0.15, 0.2) is 30.3 Å². The molecule has 4 nitrogen and oxygen atoms in total. The van der Waals surface area contributed by atoms with Crippen molar-refractivity contribution in [1.29, 1.82) is 0 Å². The van der Waals surface area contributed by atoms with Crippen molar-refractivity contribution < 1.29 is 18.8 Å². The first kappa shape index (κ1) is 12.5. The van der Waals surface area contributed by atoms with Gasteiger partial charge in [0.05, 0.1) is 12.3 Å². The van der Waals surface area contributed by atoms with Crippen LogP contribution in [0.25, 0.3) is 0 Å². The van der Waals surface area contributed by atoms with Crippen molar-refractivity contribution in [2.75, 3.05) is 18.1 Å². The fourth-order valence-electron chi connectivity index (χ4n) is 2.19. The molecular weight excluding hydrogens is 238 g/mol.